The SMILES string of the molecule is C/C(=C\c1cccc(O)c1)CC[C@H]1OB(O)C[C@H]2C1=C(CO[Si](c1ccccc1)(c1ccccc1)C(C)(C)C)C[C@H]1C(=O)N(CCCCCC(=O)O)C(=O)[C@H]12. The van der Waals surface area contributed by atoms with Gasteiger partial charge in [-0.2, -0.15) is 0 Å². The van der Waals surface area contributed by atoms with Crippen LogP contribution in [0.25, 0.3) is 6.08 Å². The normalized spacial score (nSPS) is 21.9. The van der Waals surface area contributed by atoms with E-state index in [1.807, 2.05) is 31.2 Å². The Bertz CT molecular complexity index is 1870. The number of benzene rings is 3. The molecule has 0 spiro atoms. The van der Waals surface area contributed by atoms with Crippen molar-refractivity contribution >= 4 is 49.7 Å². The molecule has 11 heteroatoms. The van der Waals surface area contributed by atoms with Crippen LogP contribution in [0.5, 0.6) is 5.75 Å². The van der Waals surface area contributed by atoms with Gasteiger partial charge in [0.1, 0.15) is 5.75 Å². The first-order valence-corrected chi connectivity index (χ1v) is 21.5. The monoisotopic (exact) mass is 763 g/mol. The van der Waals surface area contributed by atoms with Crippen LogP contribution in [0.3, 0.4) is 0 Å². The summed E-state index contributed by atoms with van der Waals surface area (Å²) in [5.74, 6) is -2.65. The summed E-state index contributed by atoms with van der Waals surface area (Å²) in [6.07, 6.45) is 5.00. The maximum Gasteiger partial charge on any atom is 0.455 e. The number of rotatable bonds is 15. The quantitative estimate of drug-likeness (QED) is 0.0684. The third kappa shape index (κ3) is 8.75. The smallest absolute Gasteiger partial charge is 0.455 e. The molecule has 0 unspecified atom stereocenters. The first kappa shape index (κ1) is 40.4. The summed E-state index contributed by atoms with van der Waals surface area (Å²) in [4.78, 5) is 40.8. The van der Waals surface area contributed by atoms with Gasteiger partial charge in [0.2, 0.25) is 11.8 Å². The molecule has 3 aliphatic rings. The van der Waals surface area contributed by atoms with Crippen molar-refractivity contribution in [2.24, 2.45) is 17.8 Å². The number of phenolic OH excluding ortho intramolecular Hbond substituents is 1. The summed E-state index contributed by atoms with van der Waals surface area (Å²) in [6, 6.07) is 27.9. The predicted molar refractivity (Wildman–Crippen MR) is 217 cm³/mol. The lowest BCUT2D eigenvalue weighted by atomic mass is 9.58. The van der Waals surface area contributed by atoms with Crippen molar-refractivity contribution in [2.75, 3.05) is 13.2 Å². The number of fused-ring (bicyclic) bond motifs is 3. The Morgan fingerprint density at radius 3 is 2.22 bits per heavy atom. The number of carboxylic acids is 1. The van der Waals surface area contributed by atoms with E-state index in [1.165, 1.54) is 4.90 Å². The number of aromatic hydroxyl groups is 1. The molecule has 2 amide bonds. The summed E-state index contributed by atoms with van der Waals surface area (Å²) in [6.45, 7) is 9.24. The lowest BCUT2D eigenvalue weighted by Crippen LogP contribution is -2.66. The first-order valence-electron chi connectivity index (χ1n) is 19.6. The van der Waals surface area contributed by atoms with E-state index in [-0.39, 0.29) is 48.5 Å². The molecule has 4 atom stereocenters. The summed E-state index contributed by atoms with van der Waals surface area (Å²) in [5.41, 5.74) is 3.90. The van der Waals surface area contributed by atoms with Crippen LogP contribution in [0, 0.1) is 17.8 Å². The van der Waals surface area contributed by atoms with E-state index < -0.39 is 45.3 Å². The predicted octanol–water partition coefficient (Wildman–Crippen LogP) is 6.59. The summed E-state index contributed by atoms with van der Waals surface area (Å²) >= 11 is 0. The van der Waals surface area contributed by atoms with E-state index in [2.05, 4.69) is 69.3 Å². The number of unbranched alkanes of at least 4 members (excludes halogenated alkanes) is 2. The van der Waals surface area contributed by atoms with Crippen LogP contribution in [0.1, 0.15) is 78.2 Å². The van der Waals surface area contributed by atoms with Crippen molar-refractivity contribution in [3.63, 3.8) is 0 Å². The zero-order valence-corrected chi connectivity index (χ0v) is 33.4. The number of likely N-dealkylation sites (tertiary alicyclic amines) is 1. The Morgan fingerprint density at radius 1 is 0.927 bits per heavy atom. The van der Waals surface area contributed by atoms with Gasteiger partial charge in [-0.1, -0.05) is 112 Å². The van der Waals surface area contributed by atoms with Crippen molar-refractivity contribution in [3.8, 4) is 5.75 Å². The van der Waals surface area contributed by atoms with E-state index in [4.69, 9.17) is 14.2 Å². The lowest BCUT2D eigenvalue weighted by Gasteiger charge is -2.46. The second-order valence-electron chi connectivity index (χ2n) is 16.4. The molecule has 0 saturated carbocycles. The standard InChI is InChI=1S/C44H54BNO8Si/c1-30(25-31-15-14-16-33(47)26-31)22-23-38-40-32(29-53-55(44(2,3)4,34-17-8-5-9-18-34)35-19-10-6-11-20-35)27-36-41(37(40)28-45(52)54-38)43(51)46(42(36)50)24-13-7-12-21-39(48)49/h5-6,8-11,14-20,25-26,36-38,41,47,52H,7,12-13,21-24,27-29H2,1-4H3,(H,48,49)/b30-25+/t36-,37+,38-,41-/m1/s1. The molecule has 55 heavy (non-hydrogen) atoms. The van der Waals surface area contributed by atoms with Gasteiger partial charge < -0.3 is 24.3 Å². The third-order valence-electron chi connectivity index (χ3n) is 11.6. The fourth-order valence-electron chi connectivity index (χ4n) is 9.19. The molecule has 3 aromatic carbocycles. The number of amides is 2. The van der Waals surface area contributed by atoms with E-state index >= 15 is 0 Å². The van der Waals surface area contributed by atoms with Gasteiger partial charge in [0, 0.05) is 13.0 Å². The van der Waals surface area contributed by atoms with Crippen LogP contribution >= 0.6 is 0 Å². The zero-order valence-electron chi connectivity index (χ0n) is 32.4. The average Bonchev–Trinajstić information content (AvgIpc) is 3.38. The van der Waals surface area contributed by atoms with Crippen molar-refractivity contribution < 1.29 is 38.7 Å². The minimum Gasteiger partial charge on any atom is -0.508 e. The largest absolute Gasteiger partial charge is 0.508 e. The minimum absolute atomic E-state index is 0.0545. The molecule has 1 aliphatic carbocycles. The number of nitrogens with zero attached hydrogens (tertiary/aromatic N) is 1. The lowest BCUT2D eigenvalue weighted by molar-refractivity contribution is -0.141. The van der Waals surface area contributed by atoms with Crippen LogP contribution in [0.4, 0.5) is 0 Å². The van der Waals surface area contributed by atoms with Crippen LogP contribution in [-0.2, 0) is 23.5 Å². The minimum atomic E-state index is -2.98. The Hall–Kier alpha value is -4.29. The number of phenols is 1. The molecule has 9 nitrogen and oxygen atoms in total. The number of carbonyl (C=O) groups is 3. The van der Waals surface area contributed by atoms with Crippen LogP contribution in [0.2, 0.25) is 11.4 Å². The van der Waals surface area contributed by atoms with Gasteiger partial charge >= 0.3 is 13.1 Å². The highest BCUT2D eigenvalue weighted by Crippen LogP contribution is 2.51. The van der Waals surface area contributed by atoms with Gasteiger partial charge in [-0.05, 0) is 95.5 Å². The molecule has 2 aliphatic heterocycles. The Kier molecular flexibility index (Phi) is 12.7. The maximum atomic E-state index is 14.2. The van der Waals surface area contributed by atoms with E-state index in [0.29, 0.717) is 38.5 Å². The van der Waals surface area contributed by atoms with Crippen molar-refractivity contribution in [1.29, 1.82) is 0 Å². The molecule has 290 valence electrons. The molecule has 2 heterocycles. The average molecular weight is 764 g/mol. The van der Waals surface area contributed by atoms with Gasteiger partial charge in [-0.3, -0.25) is 19.3 Å². The molecule has 2 saturated heterocycles. The fourth-order valence-corrected chi connectivity index (χ4v) is 13.7. The number of hydrogen-bond donors (Lipinski definition) is 3. The molecule has 0 bridgehead atoms. The van der Waals surface area contributed by atoms with Gasteiger partial charge in [-0.15, -0.1) is 0 Å². The number of imide groups is 1. The van der Waals surface area contributed by atoms with Crippen LogP contribution in [0.15, 0.2) is 102 Å². The van der Waals surface area contributed by atoms with Gasteiger partial charge in [0.05, 0.1) is 24.5 Å². The molecule has 0 radical (unpaired) electrons. The fraction of sp³-hybridized carbons (Fsp3) is 0.432. The number of hydrogen-bond acceptors (Lipinski definition) is 7. The van der Waals surface area contributed by atoms with E-state index in [0.717, 1.165) is 32.7 Å². The zero-order chi connectivity index (χ0) is 39.3. The van der Waals surface area contributed by atoms with E-state index in [1.54, 1.807) is 18.2 Å². The summed E-state index contributed by atoms with van der Waals surface area (Å²) in [7, 11) is -4.08. The molecule has 6 rings (SSSR count). The maximum absolute atomic E-state index is 14.2. The molecular formula is C44H54BNO8Si. The van der Waals surface area contributed by atoms with Crippen LogP contribution in [-0.4, -0.2) is 72.6 Å². The molecule has 2 fully saturated rings. The number of carboxylic acid groups (broad SMARTS) is 1. The van der Waals surface area contributed by atoms with Gasteiger partial charge in [0.25, 0.3) is 8.32 Å². The Morgan fingerprint density at radius 2 is 1.60 bits per heavy atom. The van der Waals surface area contributed by atoms with Crippen molar-refractivity contribution in [3.05, 3.63) is 107 Å². The van der Waals surface area contributed by atoms with Crippen molar-refractivity contribution in [1.82, 2.24) is 4.90 Å². The van der Waals surface area contributed by atoms with Gasteiger partial charge in [-0.25, -0.2) is 0 Å². The summed E-state index contributed by atoms with van der Waals surface area (Å²) < 4.78 is 13.8. The van der Waals surface area contributed by atoms with Crippen LogP contribution < -0.4 is 10.4 Å². The molecule has 3 N–H and O–H groups in total. The molecule has 0 aromatic heterocycles. The topological polar surface area (TPSA) is 134 Å². The Balaban J connectivity index is 1.37. The number of carbonyl (C=O) groups excluding carboxylic acids is 2. The second-order valence-corrected chi connectivity index (χ2v) is 20.7. The third-order valence-corrected chi connectivity index (χ3v) is 16.6. The Labute approximate surface area is 326 Å². The second kappa shape index (κ2) is 17.2. The highest BCUT2D eigenvalue weighted by Gasteiger charge is 2.58. The molecule has 3 aromatic rings. The first-order chi connectivity index (χ1) is 26.3. The highest BCUT2D eigenvalue weighted by atomic mass is 28.4. The summed E-state index contributed by atoms with van der Waals surface area (Å²) in [5, 5.41) is 32.3. The molecular weight excluding hydrogens is 709 g/mol. The highest BCUT2D eigenvalue weighted by molar-refractivity contribution is 6.99. The number of allylic oxidation sites excluding steroid dienone is 1. The van der Waals surface area contributed by atoms with Crippen molar-refractivity contribution in [2.45, 2.75) is 90.1 Å². The van der Waals surface area contributed by atoms with E-state index in [9.17, 15) is 24.5 Å². The number of aliphatic carboxylic acids is 1. The van der Waals surface area contributed by atoms with Gasteiger partial charge in [0.15, 0.2) is 0 Å².